The molecule has 2 aliphatic rings. The first-order valence-electron chi connectivity index (χ1n) is 11.8. The summed E-state index contributed by atoms with van der Waals surface area (Å²) in [5, 5.41) is 4.52. The Morgan fingerprint density at radius 1 is 0.972 bits per heavy atom. The highest BCUT2D eigenvalue weighted by molar-refractivity contribution is 5.97. The van der Waals surface area contributed by atoms with Crippen LogP contribution in [0.25, 0.3) is 5.69 Å². The second-order valence-electron chi connectivity index (χ2n) is 8.96. The minimum Gasteiger partial charge on any atom is -0.365 e. The molecule has 188 valence electrons. The lowest BCUT2D eigenvalue weighted by atomic mass is 10.1. The fraction of sp³-hybridized carbons (Fsp3) is 0.360. The average molecular weight is 499 g/mol. The number of hydrogen-bond donors (Lipinski definition) is 1. The van der Waals surface area contributed by atoms with E-state index in [1.807, 2.05) is 4.90 Å². The van der Waals surface area contributed by atoms with Crippen LogP contribution >= 0.6 is 0 Å². The van der Waals surface area contributed by atoms with Crippen LogP contribution in [0.4, 0.5) is 19.0 Å². The van der Waals surface area contributed by atoms with Crippen molar-refractivity contribution in [2.24, 2.45) is 5.73 Å². The van der Waals surface area contributed by atoms with Gasteiger partial charge in [0.1, 0.15) is 5.82 Å². The molecule has 1 aliphatic heterocycles. The first kappa shape index (κ1) is 23.8. The molecule has 2 aromatic heterocycles. The van der Waals surface area contributed by atoms with Gasteiger partial charge in [-0.1, -0.05) is 6.07 Å². The Bertz CT molecular complexity index is 1320. The Balaban J connectivity index is 1.40. The quantitative estimate of drug-likeness (QED) is 0.596. The van der Waals surface area contributed by atoms with Crippen LogP contribution in [0.15, 0.2) is 42.6 Å². The third kappa shape index (κ3) is 4.40. The molecule has 0 saturated carbocycles. The number of benzene rings is 1. The van der Waals surface area contributed by atoms with E-state index in [-0.39, 0.29) is 11.6 Å². The number of carbonyl (C=O) groups is 2. The van der Waals surface area contributed by atoms with Gasteiger partial charge >= 0.3 is 6.18 Å². The van der Waals surface area contributed by atoms with E-state index in [2.05, 4.69) is 10.1 Å². The number of nitrogens with zero attached hydrogens (tertiary/aromatic N) is 5. The molecular weight excluding hydrogens is 473 g/mol. The fourth-order valence-corrected chi connectivity index (χ4v) is 4.96. The Morgan fingerprint density at radius 3 is 2.58 bits per heavy atom. The summed E-state index contributed by atoms with van der Waals surface area (Å²) in [5.74, 6) is -0.308. The lowest BCUT2D eigenvalue weighted by Crippen LogP contribution is -2.36. The molecule has 1 fully saturated rings. The smallest absolute Gasteiger partial charge is 0.365 e. The summed E-state index contributed by atoms with van der Waals surface area (Å²) in [7, 11) is 0. The van der Waals surface area contributed by atoms with E-state index in [4.69, 9.17) is 5.73 Å². The zero-order chi connectivity index (χ0) is 25.4. The van der Waals surface area contributed by atoms with Gasteiger partial charge in [0.2, 0.25) is 0 Å². The fourth-order valence-electron chi connectivity index (χ4n) is 4.96. The van der Waals surface area contributed by atoms with E-state index in [1.165, 1.54) is 10.7 Å². The number of halogens is 3. The normalized spacial score (nSPS) is 16.1. The van der Waals surface area contributed by atoms with Crippen LogP contribution in [0, 0.1) is 0 Å². The second-order valence-corrected chi connectivity index (χ2v) is 8.96. The van der Waals surface area contributed by atoms with Gasteiger partial charge in [0.15, 0.2) is 5.69 Å². The number of amides is 2. The number of anilines is 1. The first-order valence-corrected chi connectivity index (χ1v) is 11.8. The Hall–Kier alpha value is -3.89. The zero-order valence-corrected chi connectivity index (χ0v) is 19.5. The standard InChI is InChI=1S/C25H25F3N6O2/c26-25(27,28)16-5-1-6-17(15-16)34-20-9-2-7-18(20)21(31-34)24(36)33-12-4-11-32(13-14-33)23-19(22(29)35)8-3-10-30-23/h1,3,5-6,8,10,15H,2,4,7,9,11-14H2,(H2,29,35). The van der Waals surface area contributed by atoms with Gasteiger partial charge in [-0.2, -0.15) is 18.3 Å². The van der Waals surface area contributed by atoms with Crippen molar-refractivity contribution >= 4 is 17.6 Å². The molecule has 11 heteroatoms. The second kappa shape index (κ2) is 9.29. The van der Waals surface area contributed by atoms with Crippen molar-refractivity contribution < 1.29 is 22.8 Å². The third-order valence-corrected chi connectivity index (χ3v) is 6.69. The maximum Gasteiger partial charge on any atom is 0.416 e. The molecular formula is C25H25F3N6O2. The van der Waals surface area contributed by atoms with Crippen LogP contribution in [-0.2, 0) is 19.0 Å². The average Bonchev–Trinajstić information content (AvgIpc) is 3.38. The largest absolute Gasteiger partial charge is 0.416 e. The topological polar surface area (TPSA) is 97.3 Å². The number of nitrogens with two attached hydrogens (primary N) is 1. The number of fused-ring (bicyclic) bond motifs is 1. The lowest BCUT2D eigenvalue weighted by molar-refractivity contribution is -0.137. The molecule has 1 saturated heterocycles. The first-order chi connectivity index (χ1) is 17.2. The van der Waals surface area contributed by atoms with Crippen molar-refractivity contribution in [3.63, 3.8) is 0 Å². The van der Waals surface area contributed by atoms with Crippen molar-refractivity contribution in [2.45, 2.75) is 31.9 Å². The molecule has 1 aliphatic carbocycles. The molecule has 1 aromatic carbocycles. The van der Waals surface area contributed by atoms with E-state index in [9.17, 15) is 22.8 Å². The van der Waals surface area contributed by atoms with Gasteiger partial charge in [0, 0.05) is 43.6 Å². The van der Waals surface area contributed by atoms with E-state index in [0.717, 1.165) is 29.8 Å². The number of aromatic nitrogens is 3. The van der Waals surface area contributed by atoms with Gasteiger partial charge < -0.3 is 15.5 Å². The van der Waals surface area contributed by atoms with E-state index < -0.39 is 17.6 Å². The SMILES string of the molecule is NC(=O)c1cccnc1N1CCCN(C(=O)c2nn(-c3cccc(C(F)(F)F)c3)c3c2CCC3)CC1. The van der Waals surface area contributed by atoms with Crippen molar-refractivity contribution in [3.8, 4) is 5.69 Å². The summed E-state index contributed by atoms with van der Waals surface area (Å²) in [6.07, 6.45) is -0.0997. The van der Waals surface area contributed by atoms with Crippen LogP contribution < -0.4 is 10.6 Å². The molecule has 8 nitrogen and oxygen atoms in total. The zero-order valence-electron chi connectivity index (χ0n) is 19.5. The molecule has 0 spiro atoms. The van der Waals surface area contributed by atoms with E-state index in [1.54, 1.807) is 29.3 Å². The van der Waals surface area contributed by atoms with Crippen molar-refractivity contribution in [3.05, 3.63) is 70.7 Å². The molecule has 2 N–H and O–H groups in total. The van der Waals surface area contributed by atoms with Gasteiger partial charge in [0.05, 0.1) is 16.8 Å². The number of rotatable bonds is 4. The van der Waals surface area contributed by atoms with Crippen LogP contribution in [0.1, 0.15) is 50.5 Å². The van der Waals surface area contributed by atoms with Gasteiger partial charge in [-0.05, 0) is 56.0 Å². The van der Waals surface area contributed by atoms with Crippen molar-refractivity contribution in [1.29, 1.82) is 0 Å². The van der Waals surface area contributed by atoms with E-state index in [0.29, 0.717) is 62.5 Å². The van der Waals surface area contributed by atoms with Crippen molar-refractivity contribution in [2.75, 3.05) is 31.1 Å². The number of carbonyl (C=O) groups excluding carboxylic acids is 2. The summed E-state index contributed by atoms with van der Waals surface area (Å²) in [4.78, 5) is 33.4. The molecule has 2 amide bonds. The number of primary amides is 1. The number of pyridine rings is 1. The summed E-state index contributed by atoms with van der Waals surface area (Å²) in [6.45, 7) is 1.93. The Labute approximate surface area is 205 Å². The Morgan fingerprint density at radius 2 is 1.81 bits per heavy atom. The van der Waals surface area contributed by atoms with E-state index >= 15 is 0 Å². The van der Waals surface area contributed by atoms with Gasteiger partial charge in [-0.3, -0.25) is 9.59 Å². The molecule has 0 radical (unpaired) electrons. The molecule has 3 aromatic rings. The minimum atomic E-state index is -4.47. The third-order valence-electron chi connectivity index (χ3n) is 6.69. The molecule has 0 unspecified atom stereocenters. The van der Waals surface area contributed by atoms with Crippen LogP contribution in [-0.4, -0.2) is 57.7 Å². The van der Waals surface area contributed by atoms with Gasteiger partial charge in [0.25, 0.3) is 11.8 Å². The molecule has 3 heterocycles. The Kier molecular flexibility index (Phi) is 6.15. The van der Waals surface area contributed by atoms with Gasteiger partial charge in [-0.25, -0.2) is 9.67 Å². The lowest BCUT2D eigenvalue weighted by Gasteiger charge is -2.24. The van der Waals surface area contributed by atoms with Crippen molar-refractivity contribution in [1.82, 2.24) is 19.7 Å². The summed E-state index contributed by atoms with van der Waals surface area (Å²) in [5.41, 5.74) is 7.25. The summed E-state index contributed by atoms with van der Waals surface area (Å²) >= 11 is 0. The number of alkyl halides is 3. The monoisotopic (exact) mass is 498 g/mol. The molecule has 0 bridgehead atoms. The van der Waals surface area contributed by atoms with Crippen LogP contribution in [0.2, 0.25) is 0 Å². The predicted octanol–water partition coefficient (Wildman–Crippen LogP) is 3.23. The molecule has 0 atom stereocenters. The highest BCUT2D eigenvalue weighted by Crippen LogP contribution is 2.33. The molecule has 5 rings (SSSR count). The highest BCUT2D eigenvalue weighted by Gasteiger charge is 2.33. The summed E-state index contributed by atoms with van der Waals surface area (Å²) < 4.78 is 41.3. The van der Waals surface area contributed by atoms with Crippen LogP contribution in [0.3, 0.4) is 0 Å². The van der Waals surface area contributed by atoms with Crippen LogP contribution in [0.5, 0.6) is 0 Å². The predicted molar refractivity (Wildman–Crippen MR) is 126 cm³/mol. The summed E-state index contributed by atoms with van der Waals surface area (Å²) in [6, 6.07) is 8.28. The number of hydrogen-bond acceptors (Lipinski definition) is 5. The highest BCUT2D eigenvalue weighted by atomic mass is 19.4. The maximum absolute atomic E-state index is 13.6. The molecule has 36 heavy (non-hydrogen) atoms. The van der Waals surface area contributed by atoms with Gasteiger partial charge in [-0.15, -0.1) is 0 Å². The minimum absolute atomic E-state index is 0.239. The maximum atomic E-state index is 13.6.